The number of nitrogens with zero attached hydrogens (tertiary/aromatic N) is 3. The van der Waals surface area contributed by atoms with Gasteiger partial charge in [-0.1, -0.05) is 30.9 Å². The van der Waals surface area contributed by atoms with Crippen molar-refractivity contribution in [2.24, 2.45) is 11.3 Å². The molecule has 1 spiro atoms. The van der Waals surface area contributed by atoms with Crippen molar-refractivity contribution in [3.8, 4) is 0 Å². The number of hydrogen-bond acceptors (Lipinski definition) is 4. The van der Waals surface area contributed by atoms with Crippen molar-refractivity contribution < 1.29 is 55.5 Å². The molecule has 3 heterocycles. The number of rotatable bonds is 5. The first-order valence-electron chi connectivity index (χ1n) is 14.6. The van der Waals surface area contributed by atoms with Crippen LogP contribution in [0.2, 0.25) is 5.02 Å². The van der Waals surface area contributed by atoms with Crippen LogP contribution in [0.15, 0.2) is 41.3 Å². The molecule has 4 fully saturated rings. The molecule has 6 nitrogen and oxygen atoms in total. The number of halogens is 5. The van der Waals surface area contributed by atoms with Crippen LogP contribution in [0, 0.1) is 23.0 Å². The van der Waals surface area contributed by atoms with Crippen LogP contribution in [0.1, 0.15) is 69.4 Å². The molecular weight excluding hydrogens is 649 g/mol. The molecule has 3 atom stereocenters. The average Bonchev–Trinajstić information content (AvgIpc) is 3.38. The van der Waals surface area contributed by atoms with Crippen LogP contribution in [-0.2, 0) is 39.3 Å². The molecule has 6 rings (SSSR count). The van der Waals surface area contributed by atoms with E-state index in [4.69, 9.17) is 11.6 Å². The number of alkyl halides is 2. The smallest absolute Gasteiger partial charge is 0.252 e. The molecule has 42 heavy (non-hydrogen) atoms. The molecule has 1 aromatic carbocycles. The van der Waals surface area contributed by atoms with Crippen LogP contribution in [-0.4, -0.2) is 52.5 Å². The SMILES string of the molecule is O=c1cc(Cl)ccn1C[C@@H]1CC[N-]CC12CCCC2.ON1CCC(NC2CC(F)(F)C2)CC1c1cc(F)ccc1F.[Y]. The minimum absolute atomic E-state index is 0. The van der Waals surface area contributed by atoms with Crippen molar-refractivity contribution in [2.75, 3.05) is 19.6 Å². The Morgan fingerprint density at radius 1 is 1.07 bits per heavy atom. The molecule has 12 heteroatoms. The molecule has 2 N–H and O–H groups in total. The molecule has 2 aliphatic carbocycles. The fourth-order valence-corrected chi connectivity index (χ4v) is 7.21. The Bertz CT molecular complexity index is 1250. The van der Waals surface area contributed by atoms with Crippen LogP contribution in [0.25, 0.3) is 5.32 Å². The molecule has 1 radical (unpaired) electrons. The molecule has 229 valence electrons. The van der Waals surface area contributed by atoms with Crippen molar-refractivity contribution in [2.45, 2.75) is 88.4 Å². The van der Waals surface area contributed by atoms with E-state index >= 15 is 0 Å². The van der Waals surface area contributed by atoms with E-state index in [9.17, 15) is 27.6 Å². The molecule has 4 aliphatic rings. The maximum Gasteiger partial charge on any atom is 0.252 e. The summed E-state index contributed by atoms with van der Waals surface area (Å²) in [5, 5.41) is 19.2. The molecule has 2 unspecified atom stereocenters. The first-order valence-corrected chi connectivity index (χ1v) is 14.9. The quantitative estimate of drug-likeness (QED) is 0.344. The number of aromatic nitrogens is 1. The van der Waals surface area contributed by atoms with Crippen molar-refractivity contribution >= 4 is 11.6 Å². The predicted molar refractivity (Wildman–Crippen MR) is 150 cm³/mol. The normalized spacial score (nSPS) is 27.0. The van der Waals surface area contributed by atoms with Crippen LogP contribution < -0.4 is 10.9 Å². The molecular formula is C30H38ClF4N4O2Y-. The molecule has 2 saturated carbocycles. The number of hydrogen-bond donors (Lipinski definition) is 2. The summed E-state index contributed by atoms with van der Waals surface area (Å²) in [5.74, 6) is -3.16. The zero-order valence-corrected chi connectivity index (χ0v) is 27.2. The van der Waals surface area contributed by atoms with Gasteiger partial charge in [0.25, 0.3) is 11.5 Å². The Balaban J connectivity index is 0.000000190. The second kappa shape index (κ2) is 14.5. The van der Waals surface area contributed by atoms with Crippen molar-refractivity contribution in [3.05, 3.63) is 74.4 Å². The van der Waals surface area contributed by atoms with Crippen LogP contribution >= 0.6 is 11.6 Å². The number of benzene rings is 1. The van der Waals surface area contributed by atoms with Gasteiger partial charge < -0.3 is 20.4 Å². The molecule has 2 saturated heterocycles. The Morgan fingerprint density at radius 2 is 1.81 bits per heavy atom. The Kier molecular flexibility index (Phi) is 11.7. The van der Waals surface area contributed by atoms with Gasteiger partial charge in [-0.25, -0.2) is 17.6 Å². The molecule has 2 aromatic rings. The van der Waals surface area contributed by atoms with E-state index in [0.717, 1.165) is 49.3 Å². The largest absolute Gasteiger partial charge is 0.662 e. The zero-order valence-electron chi connectivity index (χ0n) is 23.6. The first-order chi connectivity index (χ1) is 19.5. The van der Waals surface area contributed by atoms with Gasteiger partial charge in [-0.2, -0.15) is 5.06 Å². The number of pyridine rings is 1. The number of hydroxylamine groups is 2. The van der Waals surface area contributed by atoms with Gasteiger partial charge in [-0.15, -0.1) is 13.1 Å². The third-order valence-corrected chi connectivity index (χ3v) is 9.59. The molecule has 0 bridgehead atoms. The third-order valence-electron chi connectivity index (χ3n) is 9.36. The summed E-state index contributed by atoms with van der Waals surface area (Å²) in [6, 6.07) is 5.41. The average molecular weight is 687 g/mol. The summed E-state index contributed by atoms with van der Waals surface area (Å²) < 4.78 is 54.7. The first kappa shape index (κ1) is 34.0. The minimum atomic E-state index is -2.59. The summed E-state index contributed by atoms with van der Waals surface area (Å²) in [4.78, 5) is 12.0. The van der Waals surface area contributed by atoms with E-state index in [1.54, 1.807) is 6.07 Å². The minimum Gasteiger partial charge on any atom is -0.662 e. The summed E-state index contributed by atoms with van der Waals surface area (Å²) in [5.41, 5.74) is 0.480. The van der Waals surface area contributed by atoms with Gasteiger partial charge in [0.15, 0.2) is 0 Å². The van der Waals surface area contributed by atoms with E-state index in [2.05, 4.69) is 10.6 Å². The number of nitrogens with one attached hydrogen (secondary N) is 1. The van der Waals surface area contributed by atoms with Crippen LogP contribution in [0.3, 0.4) is 0 Å². The Morgan fingerprint density at radius 3 is 2.50 bits per heavy atom. The fourth-order valence-electron chi connectivity index (χ4n) is 7.06. The van der Waals surface area contributed by atoms with Crippen LogP contribution in [0.4, 0.5) is 17.6 Å². The molecule has 0 amide bonds. The van der Waals surface area contributed by atoms with E-state index in [-0.39, 0.29) is 75.3 Å². The summed E-state index contributed by atoms with van der Waals surface area (Å²) in [6.45, 7) is 3.06. The van der Waals surface area contributed by atoms with Gasteiger partial charge in [0, 0.05) is 93.6 Å². The second-order valence-electron chi connectivity index (χ2n) is 12.2. The summed E-state index contributed by atoms with van der Waals surface area (Å²) in [6.07, 6.45) is 8.70. The zero-order chi connectivity index (χ0) is 29.2. The van der Waals surface area contributed by atoms with Gasteiger partial charge in [0.05, 0.1) is 6.04 Å². The summed E-state index contributed by atoms with van der Waals surface area (Å²) >= 11 is 5.85. The Labute approximate surface area is 274 Å². The van der Waals surface area contributed by atoms with Gasteiger partial charge in [-0.05, 0) is 61.3 Å². The van der Waals surface area contributed by atoms with Crippen molar-refractivity contribution in [1.29, 1.82) is 0 Å². The van der Waals surface area contributed by atoms with E-state index < -0.39 is 23.6 Å². The topological polar surface area (TPSA) is 71.6 Å². The Hall–Kier alpha value is -0.876. The second-order valence-corrected chi connectivity index (χ2v) is 12.6. The predicted octanol–water partition coefficient (Wildman–Crippen LogP) is 6.70. The number of piperidine rings is 2. The fraction of sp³-hybridized carbons (Fsp3) is 0.633. The van der Waals surface area contributed by atoms with E-state index in [1.807, 2.05) is 10.8 Å². The van der Waals surface area contributed by atoms with E-state index in [0.29, 0.717) is 29.2 Å². The standard InChI is InChI=1S/C15H20ClN2O.C15H18F4N2O.Y/c16-13-4-8-18(14(19)9-13)10-12-3-7-17-11-15(12)5-1-2-6-15;16-9-1-2-13(17)12(5-9)14-6-10(3-4-21(14)22)20-11-7-15(18,19)8-11;/h4,8-9,12H,1-3,5-7,10-11H2;1-2,5,10-11,14,20,22H,3-4,6-8H2;/q-1;;/t12-;;/m0../s1. The maximum absolute atomic E-state index is 13.9. The maximum atomic E-state index is 13.9. The van der Waals surface area contributed by atoms with Gasteiger partial charge in [-0.3, -0.25) is 4.79 Å². The van der Waals surface area contributed by atoms with Crippen LogP contribution in [0.5, 0.6) is 0 Å². The molecule has 1 aromatic heterocycles. The van der Waals surface area contributed by atoms with E-state index in [1.165, 1.54) is 31.7 Å². The van der Waals surface area contributed by atoms with Gasteiger partial charge in [0.1, 0.15) is 11.6 Å². The van der Waals surface area contributed by atoms with Gasteiger partial charge in [0.2, 0.25) is 0 Å². The third kappa shape index (κ3) is 8.23. The molecule has 2 aliphatic heterocycles. The van der Waals surface area contributed by atoms with Crippen molar-refractivity contribution in [1.82, 2.24) is 14.9 Å². The van der Waals surface area contributed by atoms with Gasteiger partial charge >= 0.3 is 0 Å². The summed E-state index contributed by atoms with van der Waals surface area (Å²) in [7, 11) is 0. The van der Waals surface area contributed by atoms with Crippen molar-refractivity contribution in [3.63, 3.8) is 0 Å². The monoisotopic (exact) mass is 686 g/mol.